The number of hydrogen-bond donors (Lipinski definition) is 0. The van der Waals surface area contributed by atoms with Gasteiger partial charge in [0.25, 0.3) is 0 Å². The molecule has 0 atom stereocenters. The van der Waals surface area contributed by atoms with Crippen LogP contribution in [0.4, 0.5) is 0 Å². The van der Waals surface area contributed by atoms with Crippen LogP contribution in [0.3, 0.4) is 0 Å². The minimum Gasteiger partial charge on any atom is -0.285 e. The van der Waals surface area contributed by atoms with E-state index in [0.717, 1.165) is 0 Å². The molecule has 1 aromatic carbocycles. The molecule has 0 aliphatic carbocycles. The van der Waals surface area contributed by atoms with E-state index >= 15 is 0 Å². The minimum absolute atomic E-state index is 0.451. The molecule has 0 aromatic heterocycles. The Kier molecular flexibility index (Phi) is 2.46. The van der Waals surface area contributed by atoms with Crippen molar-refractivity contribution in [1.82, 2.24) is 0 Å². The predicted octanol–water partition coefficient (Wildman–Crippen LogP) is 2.56. The Balaban J connectivity index is 3.27. The van der Waals surface area contributed by atoms with E-state index < -0.39 is 0 Å². The van der Waals surface area contributed by atoms with Gasteiger partial charge in [-0.25, -0.2) is 0 Å². The van der Waals surface area contributed by atoms with Gasteiger partial charge in [0, 0.05) is 10.0 Å². The molecule has 1 rings (SSSR count). The third kappa shape index (κ3) is 1.39. The molecule has 0 saturated heterocycles. The van der Waals surface area contributed by atoms with Crippen molar-refractivity contribution in [2.24, 2.45) is 0 Å². The maximum atomic E-state index is 10.2. The first-order valence-electron chi connectivity index (χ1n) is 2.58. The van der Waals surface area contributed by atoms with Crippen LogP contribution in [-0.4, -0.2) is 6.29 Å². The SMILES string of the molecule is O=[C]c1cccc(Cl)c1Br. The van der Waals surface area contributed by atoms with E-state index in [1.807, 2.05) is 0 Å². The fourth-order valence-electron chi connectivity index (χ4n) is 0.583. The summed E-state index contributed by atoms with van der Waals surface area (Å²) in [4.78, 5) is 10.2. The van der Waals surface area contributed by atoms with Crippen molar-refractivity contribution in [1.29, 1.82) is 0 Å². The lowest BCUT2D eigenvalue weighted by atomic mass is 10.2. The summed E-state index contributed by atoms with van der Waals surface area (Å²) in [5, 5.41) is 0.529. The van der Waals surface area contributed by atoms with Gasteiger partial charge in [0.05, 0.1) is 5.02 Å². The first-order valence-corrected chi connectivity index (χ1v) is 3.75. The molecule has 0 unspecified atom stereocenters. The van der Waals surface area contributed by atoms with Crippen LogP contribution in [0.15, 0.2) is 22.7 Å². The molecule has 3 heteroatoms. The highest BCUT2D eigenvalue weighted by Crippen LogP contribution is 2.24. The molecule has 1 nitrogen and oxygen atoms in total. The van der Waals surface area contributed by atoms with Crippen LogP contribution in [0, 0.1) is 0 Å². The smallest absolute Gasteiger partial charge is 0.234 e. The molecular formula is C7H3BrClO. The summed E-state index contributed by atoms with van der Waals surface area (Å²) < 4.78 is 0.603. The van der Waals surface area contributed by atoms with Crippen molar-refractivity contribution in [3.05, 3.63) is 33.3 Å². The maximum Gasteiger partial charge on any atom is 0.234 e. The predicted molar refractivity (Wildman–Crippen MR) is 43.9 cm³/mol. The maximum absolute atomic E-state index is 10.2. The summed E-state index contributed by atoms with van der Waals surface area (Å²) in [5.41, 5.74) is 0.451. The Morgan fingerprint density at radius 2 is 2.20 bits per heavy atom. The van der Waals surface area contributed by atoms with Crippen LogP contribution in [0.1, 0.15) is 5.56 Å². The summed E-state index contributed by atoms with van der Waals surface area (Å²) in [5.74, 6) is 0. The molecule has 10 heavy (non-hydrogen) atoms. The van der Waals surface area contributed by atoms with Crippen LogP contribution >= 0.6 is 27.5 Å². The lowest BCUT2D eigenvalue weighted by molar-refractivity contribution is 0.562. The number of hydrogen-bond acceptors (Lipinski definition) is 1. The van der Waals surface area contributed by atoms with E-state index in [-0.39, 0.29) is 0 Å². The van der Waals surface area contributed by atoms with Gasteiger partial charge >= 0.3 is 0 Å². The number of rotatable bonds is 1. The van der Waals surface area contributed by atoms with E-state index in [9.17, 15) is 4.79 Å². The molecule has 0 spiro atoms. The largest absolute Gasteiger partial charge is 0.285 e. The van der Waals surface area contributed by atoms with Crippen LogP contribution in [0.2, 0.25) is 5.02 Å². The molecule has 0 aliphatic rings. The standard InChI is InChI=1S/C7H3BrClO/c8-7-5(4-10)2-1-3-6(7)9/h1-3H. The average Bonchev–Trinajstić information content (AvgIpc) is 1.95. The average molecular weight is 218 g/mol. The van der Waals surface area contributed by atoms with Crippen molar-refractivity contribution < 1.29 is 4.79 Å². The quantitative estimate of drug-likeness (QED) is 0.708. The van der Waals surface area contributed by atoms with Crippen molar-refractivity contribution >= 4 is 33.8 Å². The molecule has 0 aliphatic heterocycles. The zero-order chi connectivity index (χ0) is 7.56. The second-order valence-corrected chi connectivity index (χ2v) is 2.90. The number of carbonyl (C=O) groups excluding carboxylic acids is 1. The topological polar surface area (TPSA) is 17.1 Å². The summed E-state index contributed by atoms with van der Waals surface area (Å²) in [7, 11) is 0. The molecular weight excluding hydrogens is 215 g/mol. The summed E-state index contributed by atoms with van der Waals surface area (Å²) in [6.45, 7) is 0. The van der Waals surface area contributed by atoms with Crippen LogP contribution in [-0.2, 0) is 4.79 Å². The van der Waals surface area contributed by atoms with Gasteiger partial charge in [-0.2, -0.15) is 0 Å². The summed E-state index contributed by atoms with van der Waals surface area (Å²) in [6.07, 6.45) is 1.75. The van der Waals surface area contributed by atoms with Crippen molar-refractivity contribution in [3.8, 4) is 0 Å². The third-order valence-corrected chi connectivity index (χ3v) is 2.46. The van der Waals surface area contributed by atoms with Crippen molar-refractivity contribution in [2.45, 2.75) is 0 Å². The highest BCUT2D eigenvalue weighted by molar-refractivity contribution is 9.10. The second-order valence-electron chi connectivity index (χ2n) is 1.70. The Morgan fingerprint density at radius 1 is 1.50 bits per heavy atom. The Morgan fingerprint density at radius 3 is 2.70 bits per heavy atom. The first-order chi connectivity index (χ1) is 4.75. The zero-order valence-corrected chi connectivity index (χ0v) is 7.24. The van der Waals surface area contributed by atoms with E-state index in [1.165, 1.54) is 0 Å². The molecule has 0 N–H and O–H groups in total. The summed E-state index contributed by atoms with van der Waals surface area (Å²) >= 11 is 8.81. The summed E-state index contributed by atoms with van der Waals surface area (Å²) in [6, 6.07) is 5.04. The first kappa shape index (κ1) is 7.76. The second kappa shape index (κ2) is 3.17. The third-order valence-electron chi connectivity index (χ3n) is 1.06. The molecule has 0 amide bonds. The molecule has 0 heterocycles. The number of benzene rings is 1. The van der Waals surface area contributed by atoms with Crippen LogP contribution in [0.25, 0.3) is 0 Å². The number of halogens is 2. The minimum atomic E-state index is 0.451. The molecule has 1 aromatic rings. The molecule has 51 valence electrons. The monoisotopic (exact) mass is 217 g/mol. The Bertz CT molecular complexity index is 260. The van der Waals surface area contributed by atoms with Crippen molar-refractivity contribution in [2.75, 3.05) is 0 Å². The van der Waals surface area contributed by atoms with Crippen LogP contribution in [0.5, 0.6) is 0 Å². The van der Waals surface area contributed by atoms with Gasteiger partial charge in [0.15, 0.2) is 0 Å². The molecule has 0 saturated carbocycles. The fraction of sp³-hybridized carbons (Fsp3) is 0. The van der Waals surface area contributed by atoms with Gasteiger partial charge < -0.3 is 0 Å². The Hall–Kier alpha value is -0.340. The highest BCUT2D eigenvalue weighted by atomic mass is 79.9. The molecule has 1 radical (unpaired) electrons. The lowest BCUT2D eigenvalue weighted by Gasteiger charge is -1.95. The van der Waals surface area contributed by atoms with E-state index in [2.05, 4.69) is 15.9 Å². The van der Waals surface area contributed by atoms with E-state index in [4.69, 9.17) is 11.6 Å². The van der Waals surface area contributed by atoms with Gasteiger partial charge in [0.2, 0.25) is 6.29 Å². The molecule has 0 fully saturated rings. The van der Waals surface area contributed by atoms with Gasteiger partial charge in [0.1, 0.15) is 0 Å². The van der Waals surface area contributed by atoms with Gasteiger partial charge in [-0.15, -0.1) is 0 Å². The van der Waals surface area contributed by atoms with Crippen molar-refractivity contribution in [3.63, 3.8) is 0 Å². The van der Waals surface area contributed by atoms with Gasteiger partial charge in [-0.05, 0) is 28.1 Å². The zero-order valence-electron chi connectivity index (χ0n) is 4.90. The normalized spacial score (nSPS) is 9.40. The Labute approximate surface area is 72.1 Å². The lowest BCUT2D eigenvalue weighted by Crippen LogP contribution is -1.81. The van der Waals surface area contributed by atoms with E-state index in [0.29, 0.717) is 15.1 Å². The molecule has 0 bridgehead atoms. The fourth-order valence-corrected chi connectivity index (χ4v) is 1.10. The van der Waals surface area contributed by atoms with E-state index in [1.54, 1.807) is 24.5 Å². The van der Waals surface area contributed by atoms with Gasteiger partial charge in [-0.3, -0.25) is 4.79 Å². The van der Waals surface area contributed by atoms with Crippen LogP contribution < -0.4 is 0 Å². The highest BCUT2D eigenvalue weighted by Gasteiger charge is 2.01. The van der Waals surface area contributed by atoms with Gasteiger partial charge in [-0.1, -0.05) is 17.7 Å².